The summed E-state index contributed by atoms with van der Waals surface area (Å²) in [7, 11) is 3.94. The highest BCUT2D eigenvalue weighted by Crippen LogP contribution is 2.31. The minimum Gasteiger partial charge on any atom is -0.309 e. The van der Waals surface area contributed by atoms with Crippen LogP contribution in [0, 0.1) is 25.5 Å². The van der Waals surface area contributed by atoms with E-state index in [0.29, 0.717) is 16.4 Å². The van der Waals surface area contributed by atoms with Crippen molar-refractivity contribution in [2.75, 3.05) is 32.1 Å². The molecule has 7 heteroatoms. The minimum absolute atomic E-state index is 0.0996. The number of benzene rings is 2. The molecule has 1 amide bonds. The molecule has 0 atom stereocenters. The van der Waals surface area contributed by atoms with E-state index >= 15 is 0 Å². The van der Waals surface area contributed by atoms with Gasteiger partial charge in [-0.3, -0.25) is 9.69 Å². The Balaban J connectivity index is 1.92. The Labute approximate surface area is 173 Å². The Morgan fingerprint density at radius 2 is 1.86 bits per heavy atom. The average Bonchev–Trinajstić information content (AvgIpc) is 3.05. The van der Waals surface area contributed by atoms with Gasteiger partial charge in [-0.1, -0.05) is 35.1 Å². The van der Waals surface area contributed by atoms with Crippen LogP contribution in [0.15, 0.2) is 30.3 Å². The molecule has 29 heavy (non-hydrogen) atoms. The van der Waals surface area contributed by atoms with Crippen molar-refractivity contribution >= 4 is 32.6 Å². The van der Waals surface area contributed by atoms with Gasteiger partial charge in [0.15, 0.2) is 10.9 Å². The number of fused-ring (bicyclic) bond motifs is 1. The smallest absolute Gasteiger partial charge is 0.233 e. The molecule has 0 fully saturated rings. The molecule has 0 spiro atoms. The van der Waals surface area contributed by atoms with E-state index < -0.39 is 11.6 Å². The molecule has 0 radical (unpaired) electrons. The molecule has 154 valence electrons. The van der Waals surface area contributed by atoms with Crippen LogP contribution < -0.4 is 4.90 Å². The molecular weight excluding hydrogens is 392 g/mol. The summed E-state index contributed by atoms with van der Waals surface area (Å²) in [4.78, 5) is 21.2. The number of aryl methyl sites for hydroxylation is 2. The fraction of sp³-hybridized carbons (Fsp3) is 0.364. The Bertz CT molecular complexity index is 1030. The molecule has 0 saturated heterocycles. The summed E-state index contributed by atoms with van der Waals surface area (Å²) in [5.41, 5.74) is 3.21. The van der Waals surface area contributed by atoms with Gasteiger partial charge >= 0.3 is 0 Å². The van der Waals surface area contributed by atoms with Crippen molar-refractivity contribution in [1.82, 2.24) is 9.88 Å². The lowest BCUT2D eigenvalue weighted by Gasteiger charge is -2.21. The summed E-state index contributed by atoms with van der Waals surface area (Å²) >= 11 is 1.14. The Kier molecular flexibility index (Phi) is 6.59. The van der Waals surface area contributed by atoms with Gasteiger partial charge in [-0.15, -0.1) is 0 Å². The lowest BCUT2D eigenvalue weighted by molar-refractivity contribution is -0.118. The molecule has 3 aromatic rings. The van der Waals surface area contributed by atoms with Gasteiger partial charge in [-0.05, 0) is 58.1 Å². The van der Waals surface area contributed by atoms with Crippen molar-refractivity contribution in [2.24, 2.45) is 0 Å². The number of carbonyl (C=O) groups is 1. The van der Waals surface area contributed by atoms with Crippen LogP contribution in [0.2, 0.25) is 0 Å². The maximum absolute atomic E-state index is 14.1. The van der Waals surface area contributed by atoms with Crippen molar-refractivity contribution in [3.05, 3.63) is 58.7 Å². The summed E-state index contributed by atoms with van der Waals surface area (Å²) in [5.74, 6) is -1.46. The molecule has 0 N–H and O–H groups in total. The maximum atomic E-state index is 14.1. The molecule has 0 aliphatic carbocycles. The number of rotatable bonds is 7. The largest absolute Gasteiger partial charge is 0.309 e. The molecule has 0 bridgehead atoms. The first-order chi connectivity index (χ1) is 13.7. The van der Waals surface area contributed by atoms with Gasteiger partial charge in [0.25, 0.3) is 0 Å². The van der Waals surface area contributed by atoms with Crippen LogP contribution in [0.1, 0.15) is 23.1 Å². The predicted molar refractivity (Wildman–Crippen MR) is 115 cm³/mol. The van der Waals surface area contributed by atoms with Crippen LogP contribution in [0.3, 0.4) is 0 Å². The number of thiazole rings is 1. The van der Waals surface area contributed by atoms with Gasteiger partial charge in [0.05, 0.1) is 11.1 Å². The average molecular weight is 418 g/mol. The minimum atomic E-state index is -0.710. The van der Waals surface area contributed by atoms with E-state index in [1.807, 2.05) is 51.0 Å². The van der Waals surface area contributed by atoms with Crippen molar-refractivity contribution < 1.29 is 13.6 Å². The predicted octanol–water partition coefficient (Wildman–Crippen LogP) is 4.72. The van der Waals surface area contributed by atoms with Crippen molar-refractivity contribution in [2.45, 2.75) is 26.7 Å². The topological polar surface area (TPSA) is 36.4 Å². The first-order valence-electron chi connectivity index (χ1n) is 9.51. The number of amides is 1. The molecule has 0 aliphatic heterocycles. The summed E-state index contributed by atoms with van der Waals surface area (Å²) in [5, 5.41) is 0.401. The van der Waals surface area contributed by atoms with Gasteiger partial charge in [-0.2, -0.15) is 0 Å². The second-order valence-electron chi connectivity index (χ2n) is 7.54. The zero-order chi connectivity index (χ0) is 21.1. The van der Waals surface area contributed by atoms with Crippen LogP contribution in [-0.2, 0) is 11.2 Å². The lowest BCUT2D eigenvalue weighted by Crippen LogP contribution is -2.34. The Hall–Kier alpha value is -2.38. The molecule has 0 saturated carbocycles. The second-order valence-corrected chi connectivity index (χ2v) is 8.55. The van der Waals surface area contributed by atoms with Crippen LogP contribution in [0.4, 0.5) is 13.9 Å². The monoisotopic (exact) mass is 417 g/mol. The maximum Gasteiger partial charge on any atom is 0.233 e. The fourth-order valence-electron chi connectivity index (χ4n) is 3.18. The Morgan fingerprint density at radius 1 is 1.10 bits per heavy atom. The molecule has 1 aromatic heterocycles. The van der Waals surface area contributed by atoms with Crippen LogP contribution in [-0.4, -0.2) is 43.0 Å². The van der Waals surface area contributed by atoms with Crippen molar-refractivity contribution in [3.8, 4) is 0 Å². The zero-order valence-corrected chi connectivity index (χ0v) is 17.9. The van der Waals surface area contributed by atoms with Gasteiger partial charge in [0.1, 0.15) is 11.3 Å². The first kappa shape index (κ1) is 21.3. The highest BCUT2D eigenvalue weighted by molar-refractivity contribution is 7.22. The van der Waals surface area contributed by atoms with E-state index in [1.165, 1.54) is 6.07 Å². The molecule has 4 nitrogen and oxygen atoms in total. The molecule has 2 aromatic carbocycles. The number of nitrogens with zero attached hydrogens (tertiary/aromatic N) is 3. The van der Waals surface area contributed by atoms with E-state index in [9.17, 15) is 13.6 Å². The number of hydrogen-bond acceptors (Lipinski definition) is 4. The van der Waals surface area contributed by atoms with Crippen molar-refractivity contribution in [1.29, 1.82) is 0 Å². The standard InChI is InChI=1S/C22H25F2N3OS/c1-14-6-7-15(2)16(10-14)11-20(28)27(9-5-8-26(3)4)22-25-21-18(24)12-17(23)13-19(21)29-22/h6-7,10,12-13H,5,8-9,11H2,1-4H3. The summed E-state index contributed by atoms with van der Waals surface area (Å²) < 4.78 is 28.1. The highest BCUT2D eigenvalue weighted by Gasteiger charge is 2.22. The number of aromatic nitrogens is 1. The van der Waals surface area contributed by atoms with E-state index in [1.54, 1.807) is 4.90 Å². The van der Waals surface area contributed by atoms with E-state index in [4.69, 9.17) is 0 Å². The van der Waals surface area contributed by atoms with Crippen LogP contribution in [0.25, 0.3) is 10.2 Å². The number of carbonyl (C=O) groups excluding carboxylic acids is 1. The Morgan fingerprint density at radius 3 is 2.59 bits per heavy atom. The molecule has 1 heterocycles. The van der Waals surface area contributed by atoms with E-state index in [0.717, 1.165) is 47.1 Å². The summed E-state index contributed by atoms with van der Waals surface area (Å²) in [6, 6.07) is 8.11. The zero-order valence-electron chi connectivity index (χ0n) is 17.1. The number of anilines is 1. The number of hydrogen-bond donors (Lipinski definition) is 0. The summed E-state index contributed by atoms with van der Waals surface area (Å²) in [6.45, 7) is 5.24. The highest BCUT2D eigenvalue weighted by atomic mass is 32.1. The van der Waals surface area contributed by atoms with Crippen molar-refractivity contribution in [3.63, 3.8) is 0 Å². The van der Waals surface area contributed by atoms with Crippen LogP contribution in [0.5, 0.6) is 0 Å². The van der Waals surface area contributed by atoms with E-state index in [-0.39, 0.29) is 17.8 Å². The molecular formula is C22H25F2N3OS. The normalized spacial score (nSPS) is 11.4. The van der Waals surface area contributed by atoms with Gasteiger partial charge in [-0.25, -0.2) is 13.8 Å². The van der Waals surface area contributed by atoms with Gasteiger partial charge in [0.2, 0.25) is 5.91 Å². The first-order valence-corrected chi connectivity index (χ1v) is 10.3. The third kappa shape index (κ3) is 5.16. The quantitative estimate of drug-likeness (QED) is 0.558. The molecule has 0 aliphatic rings. The third-order valence-corrected chi connectivity index (χ3v) is 5.79. The lowest BCUT2D eigenvalue weighted by atomic mass is 10.0. The number of halogens is 2. The fourth-order valence-corrected chi connectivity index (χ4v) is 4.23. The molecule has 3 rings (SSSR count). The second kappa shape index (κ2) is 8.97. The SMILES string of the molecule is Cc1ccc(C)c(CC(=O)N(CCCN(C)C)c2nc3c(F)cc(F)cc3s2)c1. The van der Waals surface area contributed by atoms with Crippen LogP contribution >= 0.6 is 11.3 Å². The molecule has 0 unspecified atom stereocenters. The third-order valence-electron chi connectivity index (χ3n) is 4.77. The van der Waals surface area contributed by atoms with Gasteiger partial charge < -0.3 is 4.90 Å². The van der Waals surface area contributed by atoms with Gasteiger partial charge in [0, 0.05) is 12.6 Å². The summed E-state index contributed by atoms with van der Waals surface area (Å²) in [6.07, 6.45) is 0.987. The van der Waals surface area contributed by atoms with E-state index in [2.05, 4.69) is 4.98 Å².